The van der Waals surface area contributed by atoms with Gasteiger partial charge in [0.2, 0.25) is 5.91 Å². The van der Waals surface area contributed by atoms with Crippen LogP contribution < -0.4 is 11.5 Å². The zero-order valence-electron chi connectivity index (χ0n) is 7.34. The van der Waals surface area contributed by atoms with Crippen LogP contribution >= 0.6 is 11.6 Å². The largest absolute Gasteiger partial charge is 0.370 e. The molecule has 1 atom stereocenters. The van der Waals surface area contributed by atoms with Crippen molar-refractivity contribution in [3.63, 3.8) is 0 Å². The van der Waals surface area contributed by atoms with Crippen molar-refractivity contribution < 1.29 is 9.18 Å². The normalized spacial score (nSPS) is 12.5. The Kier molecular flexibility index (Phi) is 3.43. The number of carbonyl (C=O) groups excluding carboxylic acids is 1. The molecular formula is C9H10ClFN2O. The second-order valence-electron chi connectivity index (χ2n) is 2.95. The van der Waals surface area contributed by atoms with Crippen LogP contribution in [0.2, 0.25) is 5.02 Å². The summed E-state index contributed by atoms with van der Waals surface area (Å²) in [7, 11) is 0. The van der Waals surface area contributed by atoms with E-state index >= 15 is 0 Å². The average Bonchev–Trinajstić information content (AvgIpc) is 2.08. The minimum absolute atomic E-state index is 0.0128. The van der Waals surface area contributed by atoms with E-state index in [4.69, 9.17) is 23.1 Å². The molecule has 5 heteroatoms. The summed E-state index contributed by atoms with van der Waals surface area (Å²) in [5.41, 5.74) is 11.1. The lowest BCUT2D eigenvalue weighted by molar-refractivity contribution is -0.118. The maximum Gasteiger partial charge on any atom is 0.219 e. The molecule has 0 aliphatic heterocycles. The summed E-state index contributed by atoms with van der Waals surface area (Å²) in [6.45, 7) is 0. The van der Waals surface area contributed by atoms with E-state index < -0.39 is 17.8 Å². The predicted octanol–water partition coefficient (Wildman–Crippen LogP) is 1.35. The van der Waals surface area contributed by atoms with Gasteiger partial charge < -0.3 is 11.5 Å². The first-order valence-electron chi connectivity index (χ1n) is 3.99. The van der Waals surface area contributed by atoms with Gasteiger partial charge in [-0.05, 0) is 17.7 Å². The SMILES string of the molecule is NC(=O)C[C@H](N)c1ccc(Cl)c(F)c1. The zero-order chi connectivity index (χ0) is 10.7. The molecule has 0 saturated heterocycles. The third-order valence-electron chi connectivity index (χ3n) is 1.79. The summed E-state index contributed by atoms with van der Waals surface area (Å²) in [6.07, 6.45) is -0.0128. The molecule has 0 bridgehead atoms. The maximum atomic E-state index is 13.0. The third kappa shape index (κ3) is 2.68. The van der Waals surface area contributed by atoms with Gasteiger partial charge in [-0.25, -0.2) is 4.39 Å². The minimum atomic E-state index is -0.584. The summed E-state index contributed by atoms with van der Waals surface area (Å²) in [4.78, 5) is 10.6. The Balaban J connectivity index is 2.85. The highest BCUT2D eigenvalue weighted by atomic mass is 35.5. The van der Waals surface area contributed by atoms with E-state index in [0.717, 1.165) is 0 Å². The number of amides is 1. The van der Waals surface area contributed by atoms with Crippen LogP contribution in [-0.4, -0.2) is 5.91 Å². The highest BCUT2D eigenvalue weighted by molar-refractivity contribution is 6.30. The van der Waals surface area contributed by atoms with Crippen molar-refractivity contribution in [1.82, 2.24) is 0 Å². The monoisotopic (exact) mass is 216 g/mol. The first kappa shape index (κ1) is 10.9. The lowest BCUT2D eigenvalue weighted by Gasteiger charge is -2.09. The van der Waals surface area contributed by atoms with Gasteiger partial charge in [0.05, 0.1) is 5.02 Å². The van der Waals surface area contributed by atoms with E-state index in [-0.39, 0.29) is 11.4 Å². The number of carbonyl (C=O) groups is 1. The summed E-state index contributed by atoms with van der Waals surface area (Å²) < 4.78 is 13.0. The molecule has 0 radical (unpaired) electrons. The Bertz CT molecular complexity index is 357. The molecule has 1 aromatic rings. The Morgan fingerprint density at radius 1 is 1.57 bits per heavy atom. The first-order valence-corrected chi connectivity index (χ1v) is 4.37. The second-order valence-corrected chi connectivity index (χ2v) is 3.36. The summed E-state index contributed by atoms with van der Waals surface area (Å²) in [6, 6.07) is 3.58. The highest BCUT2D eigenvalue weighted by Crippen LogP contribution is 2.20. The number of nitrogens with two attached hydrogens (primary N) is 2. The van der Waals surface area contributed by atoms with E-state index in [1.807, 2.05) is 0 Å². The Morgan fingerprint density at radius 3 is 2.71 bits per heavy atom. The molecule has 1 aromatic carbocycles. The fraction of sp³-hybridized carbons (Fsp3) is 0.222. The van der Waals surface area contributed by atoms with E-state index in [0.29, 0.717) is 5.56 Å². The number of primary amides is 1. The van der Waals surface area contributed by atoms with Gasteiger partial charge in [0, 0.05) is 12.5 Å². The highest BCUT2D eigenvalue weighted by Gasteiger charge is 2.11. The van der Waals surface area contributed by atoms with Crippen molar-refractivity contribution in [2.24, 2.45) is 11.5 Å². The number of benzene rings is 1. The van der Waals surface area contributed by atoms with Gasteiger partial charge >= 0.3 is 0 Å². The van der Waals surface area contributed by atoms with Crippen molar-refractivity contribution in [3.8, 4) is 0 Å². The van der Waals surface area contributed by atoms with Crippen LogP contribution in [0.1, 0.15) is 18.0 Å². The molecule has 76 valence electrons. The Morgan fingerprint density at radius 2 is 2.21 bits per heavy atom. The van der Waals surface area contributed by atoms with Gasteiger partial charge in [-0.15, -0.1) is 0 Å². The van der Waals surface area contributed by atoms with Gasteiger partial charge in [0.15, 0.2) is 0 Å². The smallest absolute Gasteiger partial charge is 0.219 e. The first-order chi connectivity index (χ1) is 6.50. The summed E-state index contributed by atoms with van der Waals surface area (Å²) in [5.74, 6) is -1.07. The Hall–Kier alpha value is -1.13. The predicted molar refractivity (Wildman–Crippen MR) is 52.1 cm³/mol. The molecule has 0 heterocycles. The van der Waals surface area contributed by atoms with Gasteiger partial charge in [0.25, 0.3) is 0 Å². The standard InChI is InChI=1S/C9H10ClFN2O/c10-6-2-1-5(3-7(6)11)8(12)4-9(13)14/h1-3,8H,4,12H2,(H2,13,14)/t8-/m0/s1. The molecule has 0 unspecified atom stereocenters. The van der Waals surface area contributed by atoms with E-state index in [1.54, 1.807) is 6.07 Å². The van der Waals surface area contributed by atoms with Crippen LogP contribution in [0, 0.1) is 5.82 Å². The molecule has 3 nitrogen and oxygen atoms in total. The molecule has 4 N–H and O–H groups in total. The van der Waals surface area contributed by atoms with Crippen molar-refractivity contribution in [1.29, 1.82) is 0 Å². The van der Waals surface area contributed by atoms with Gasteiger partial charge in [-0.1, -0.05) is 17.7 Å². The number of hydrogen-bond donors (Lipinski definition) is 2. The molecule has 0 saturated carbocycles. The molecular weight excluding hydrogens is 207 g/mol. The molecule has 0 aliphatic carbocycles. The van der Waals surface area contributed by atoms with Crippen LogP contribution in [0.15, 0.2) is 18.2 Å². The quantitative estimate of drug-likeness (QED) is 0.801. The van der Waals surface area contributed by atoms with Crippen LogP contribution in [-0.2, 0) is 4.79 Å². The van der Waals surface area contributed by atoms with Crippen LogP contribution in [0.25, 0.3) is 0 Å². The lowest BCUT2D eigenvalue weighted by atomic mass is 10.0. The molecule has 1 amide bonds. The van der Waals surface area contributed by atoms with Crippen LogP contribution in [0.3, 0.4) is 0 Å². The van der Waals surface area contributed by atoms with Crippen molar-refractivity contribution in [3.05, 3.63) is 34.6 Å². The summed E-state index contributed by atoms with van der Waals surface area (Å²) in [5, 5.41) is 0.0278. The van der Waals surface area contributed by atoms with Gasteiger partial charge in [-0.3, -0.25) is 4.79 Å². The topological polar surface area (TPSA) is 69.1 Å². The lowest BCUT2D eigenvalue weighted by Crippen LogP contribution is -2.20. The number of halogens is 2. The zero-order valence-corrected chi connectivity index (χ0v) is 8.09. The van der Waals surface area contributed by atoms with Crippen molar-refractivity contribution >= 4 is 17.5 Å². The third-order valence-corrected chi connectivity index (χ3v) is 2.10. The van der Waals surface area contributed by atoms with Crippen molar-refractivity contribution in [2.45, 2.75) is 12.5 Å². The molecule has 0 aliphatic rings. The molecule has 1 rings (SSSR count). The van der Waals surface area contributed by atoms with Crippen molar-refractivity contribution in [2.75, 3.05) is 0 Å². The number of rotatable bonds is 3. The fourth-order valence-corrected chi connectivity index (χ4v) is 1.20. The average molecular weight is 217 g/mol. The molecule has 0 spiro atoms. The fourth-order valence-electron chi connectivity index (χ4n) is 1.08. The van der Waals surface area contributed by atoms with E-state index in [9.17, 15) is 9.18 Å². The second kappa shape index (κ2) is 4.39. The van der Waals surface area contributed by atoms with E-state index in [1.165, 1.54) is 12.1 Å². The molecule has 0 aromatic heterocycles. The van der Waals surface area contributed by atoms with Gasteiger partial charge in [0.1, 0.15) is 5.82 Å². The van der Waals surface area contributed by atoms with Gasteiger partial charge in [-0.2, -0.15) is 0 Å². The van der Waals surface area contributed by atoms with Crippen LogP contribution in [0.5, 0.6) is 0 Å². The Labute approximate surface area is 85.8 Å². The molecule has 14 heavy (non-hydrogen) atoms. The number of hydrogen-bond acceptors (Lipinski definition) is 2. The van der Waals surface area contributed by atoms with Crippen LogP contribution in [0.4, 0.5) is 4.39 Å². The minimum Gasteiger partial charge on any atom is -0.370 e. The maximum absolute atomic E-state index is 13.0. The van der Waals surface area contributed by atoms with E-state index in [2.05, 4.69) is 0 Å². The summed E-state index contributed by atoms with van der Waals surface area (Å²) >= 11 is 5.48. The molecule has 0 fully saturated rings.